The number of halogens is 1. The van der Waals surface area contributed by atoms with E-state index in [1.807, 2.05) is 6.07 Å². The number of rotatable bonds is 4. The molecule has 1 aromatic heterocycles. The van der Waals surface area contributed by atoms with Gasteiger partial charge in [0.1, 0.15) is 17.5 Å². The number of ether oxygens (including phenoxy) is 1. The van der Waals surface area contributed by atoms with Crippen LogP contribution in [0.1, 0.15) is 5.56 Å². The number of hydrogen-bond acceptors (Lipinski definition) is 4. The lowest BCUT2D eigenvalue weighted by atomic mass is 10.3. The molecule has 6 heteroatoms. The molecule has 2 rings (SSSR count). The second-order valence-corrected chi connectivity index (χ2v) is 6.42. The summed E-state index contributed by atoms with van der Waals surface area (Å²) < 4.78 is 28.1. The van der Waals surface area contributed by atoms with Crippen molar-refractivity contribution in [2.24, 2.45) is 0 Å². The van der Waals surface area contributed by atoms with Crippen molar-refractivity contribution >= 4 is 21.4 Å². The normalized spacial score (nSPS) is 11.3. The number of benzene rings is 1. The summed E-state index contributed by atoms with van der Waals surface area (Å²) in [5.74, 6) is 0.599. The molecular weight excluding hydrogens is 286 g/mol. The largest absolute Gasteiger partial charge is 0.489 e. The fraction of sp³-hybridized carbons (Fsp3) is 0.154. The van der Waals surface area contributed by atoms with Crippen LogP contribution in [0, 0.1) is 0 Å². The number of sulfone groups is 1. The molecule has 0 amide bonds. The molecule has 0 spiro atoms. The highest BCUT2D eigenvalue weighted by atomic mass is 35.5. The first-order valence-corrected chi connectivity index (χ1v) is 7.75. The average Bonchev–Trinajstić information content (AvgIpc) is 2.37. The van der Waals surface area contributed by atoms with Crippen LogP contribution in [-0.2, 0) is 16.4 Å². The summed E-state index contributed by atoms with van der Waals surface area (Å²) in [7, 11) is -3.17. The minimum atomic E-state index is -3.17. The molecule has 100 valence electrons. The number of nitrogens with zero attached hydrogens (tertiary/aromatic N) is 1. The lowest BCUT2D eigenvalue weighted by Crippen LogP contribution is -1.98. The van der Waals surface area contributed by atoms with Gasteiger partial charge in [0, 0.05) is 18.0 Å². The zero-order valence-electron chi connectivity index (χ0n) is 10.2. The molecule has 0 fully saturated rings. The molecule has 0 unspecified atom stereocenters. The Labute approximate surface area is 116 Å². The summed E-state index contributed by atoms with van der Waals surface area (Å²) >= 11 is 5.68. The molecule has 0 saturated heterocycles. The van der Waals surface area contributed by atoms with Crippen molar-refractivity contribution in [1.29, 1.82) is 0 Å². The Bertz CT molecular complexity index is 651. The molecule has 4 nitrogen and oxygen atoms in total. The van der Waals surface area contributed by atoms with Crippen LogP contribution in [0.5, 0.6) is 5.75 Å². The first kappa shape index (κ1) is 13.8. The molecule has 1 heterocycles. The molecule has 1 aromatic carbocycles. The lowest BCUT2D eigenvalue weighted by molar-refractivity contribution is 0.305. The van der Waals surface area contributed by atoms with Crippen LogP contribution in [0.3, 0.4) is 0 Å². The second-order valence-electron chi connectivity index (χ2n) is 4.02. The highest BCUT2D eigenvalue weighted by Crippen LogP contribution is 2.17. The van der Waals surface area contributed by atoms with Crippen LogP contribution in [0.25, 0.3) is 0 Å². The first-order valence-electron chi connectivity index (χ1n) is 5.48. The SMILES string of the molecule is CS(=O)(=O)c1ccc(OCc2ccc(Cl)nc2)cc1. The maximum absolute atomic E-state index is 11.3. The van der Waals surface area contributed by atoms with E-state index in [1.165, 1.54) is 18.4 Å². The van der Waals surface area contributed by atoms with E-state index in [0.717, 1.165) is 5.56 Å². The monoisotopic (exact) mass is 297 g/mol. The Morgan fingerprint density at radius 1 is 1.16 bits per heavy atom. The van der Waals surface area contributed by atoms with E-state index in [9.17, 15) is 8.42 Å². The Kier molecular flexibility index (Phi) is 4.07. The van der Waals surface area contributed by atoms with Gasteiger partial charge in [0.15, 0.2) is 9.84 Å². The van der Waals surface area contributed by atoms with Gasteiger partial charge in [-0.2, -0.15) is 0 Å². The van der Waals surface area contributed by atoms with Crippen molar-refractivity contribution in [3.05, 3.63) is 53.3 Å². The van der Waals surface area contributed by atoms with E-state index in [1.54, 1.807) is 24.4 Å². The number of pyridine rings is 1. The third-order valence-corrected chi connectivity index (χ3v) is 3.80. The van der Waals surface area contributed by atoms with Gasteiger partial charge in [-0.15, -0.1) is 0 Å². The molecule has 0 N–H and O–H groups in total. The predicted octanol–water partition coefficient (Wildman–Crippen LogP) is 2.72. The van der Waals surface area contributed by atoms with Crippen molar-refractivity contribution in [3.63, 3.8) is 0 Å². The van der Waals surface area contributed by atoms with Crippen molar-refractivity contribution in [3.8, 4) is 5.75 Å². The average molecular weight is 298 g/mol. The van der Waals surface area contributed by atoms with Crippen LogP contribution < -0.4 is 4.74 Å². The maximum atomic E-state index is 11.3. The molecule has 0 saturated carbocycles. The van der Waals surface area contributed by atoms with Gasteiger partial charge in [-0.05, 0) is 30.3 Å². The van der Waals surface area contributed by atoms with Crippen molar-refractivity contribution in [2.45, 2.75) is 11.5 Å². The van der Waals surface area contributed by atoms with E-state index in [4.69, 9.17) is 16.3 Å². The van der Waals surface area contributed by atoms with Crippen LogP contribution >= 0.6 is 11.6 Å². The third-order valence-electron chi connectivity index (χ3n) is 2.45. The minimum Gasteiger partial charge on any atom is -0.489 e. The second kappa shape index (κ2) is 5.59. The molecule has 0 atom stereocenters. The van der Waals surface area contributed by atoms with E-state index in [2.05, 4.69) is 4.98 Å². The fourth-order valence-electron chi connectivity index (χ4n) is 1.44. The quantitative estimate of drug-likeness (QED) is 0.814. The maximum Gasteiger partial charge on any atom is 0.175 e. The number of hydrogen-bond donors (Lipinski definition) is 0. The molecule has 0 aliphatic heterocycles. The van der Waals surface area contributed by atoms with Gasteiger partial charge in [-0.3, -0.25) is 0 Å². The van der Waals surface area contributed by atoms with E-state index in [0.29, 0.717) is 17.5 Å². The summed E-state index contributed by atoms with van der Waals surface area (Å²) in [6, 6.07) is 9.79. The molecule has 0 radical (unpaired) electrons. The molecule has 0 aliphatic carbocycles. The van der Waals surface area contributed by atoms with Crippen LogP contribution in [-0.4, -0.2) is 19.7 Å². The molecule has 0 aliphatic rings. The van der Waals surface area contributed by atoms with Crippen LogP contribution in [0.4, 0.5) is 0 Å². The lowest BCUT2D eigenvalue weighted by Gasteiger charge is -2.06. The fourth-order valence-corrected chi connectivity index (χ4v) is 2.18. The van der Waals surface area contributed by atoms with Gasteiger partial charge in [0.25, 0.3) is 0 Å². The smallest absolute Gasteiger partial charge is 0.175 e. The zero-order chi connectivity index (χ0) is 13.9. The van der Waals surface area contributed by atoms with E-state index >= 15 is 0 Å². The molecule has 2 aromatic rings. The Morgan fingerprint density at radius 3 is 2.37 bits per heavy atom. The highest BCUT2D eigenvalue weighted by molar-refractivity contribution is 7.90. The summed E-state index contributed by atoms with van der Waals surface area (Å²) in [5, 5.41) is 0.432. The molecule has 0 bridgehead atoms. The topological polar surface area (TPSA) is 56.3 Å². The Hall–Kier alpha value is -1.59. The van der Waals surface area contributed by atoms with Crippen molar-refractivity contribution in [2.75, 3.05) is 6.26 Å². The van der Waals surface area contributed by atoms with Gasteiger partial charge < -0.3 is 4.74 Å². The van der Waals surface area contributed by atoms with Crippen LogP contribution in [0.2, 0.25) is 5.15 Å². The highest BCUT2D eigenvalue weighted by Gasteiger charge is 2.06. The van der Waals surface area contributed by atoms with E-state index in [-0.39, 0.29) is 4.90 Å². The molecule has 19 heavy (non-hydrogen) atoms. The Balaban J connectivity index is 2.02. The van der Waals surface area contributed by atoms with Crippen LogP contribution in [0.15, 0.2) is 47.5 Å². The molecular formula is C13H12ClNO3S. The predicted molar refractivity (Wildman–Crippen MR) is 73.1 cm³/mol. The summed E-state index contributed by atoms with van der Waals surface area (Å²) in [5.41, 5.74) is 0.886. The third kappa shape index (κ3) is 3.94. The summed E-state index contributed by atoms with van der Waals surface area (Å²) in [4.78, 5) is 4.22. The van der Waals surface area contributed by atoms with E-state index < -0.39 is 9.84 Å². The zero-order valence-corrected chi connectivity index (χ0v) is 11.8. The van der Waals surface area contributed by atoms with Gasteiger partial charge in [0.2, 0.25) is 0 Å². The van der Waals surface area contributed by atoms with Crippen molar-refractivity contribution in [1.82, 2.24) is 4.98 Å². The van der Waals surface area contributed by atoms with Crippen molar-refractivity contribution < 1.29 is 13.2 Å². The van der Waals surface area contributed by atoms with Gasteiger partial charge >= 0.3 is 0 Å². The Morgan fingerprint density at radius 2 is 1.84 bits per heavy atom. The summed E-state index contributed by atoms with van der Waals surface area (Å²) in [6.07, 6.45) is 2.80. The standard InChI is InChI=1S/C13H12ClNO3S/c1-19(16,17)12-5-3-11(4-6-12)18-9-10-2-7-13(14)15-8-10/h2-8H,9H2,1H3. The number of aromatic nitrogens is 1. The first-order chi connectivity index (χ1) is 8.95. The summed E-state index contributed by atoms with van der Waals surface area (Å²) in [6.45, 7) is 0.350. The van der Waals surface area contributed by atoms with Gasteiger partial charge in [0.05, 0.1) is 4.90 Å². The van der Waals surface area contributed by atoms with Gasteiger partial charge in [-0.25, -0.2) is 13.4 Å². The van der Waals surface area contributed by atoms with Gasteiger partial charge in [-0.1, -0.05) is 17.7 Å². The minimum absolute atomic E-state index is 0.271.